The number of carbonyl (C=O) groups is 1. The molecule has 0 N–H and O–H groups in total. The van der Waals surface area contributed by atoms with Crippen molar-refractivity contribution in [2.24, 2.45) is 0 Å². The molecule has 0 atom stereocenters. The minimum Gasteiger partial charge on any atom is -0.396 e. The van der Waals surface area contributed by atoms with E-state index in [0.717, 1.165) is 22.9 Å². The van der Waals surface area contributed by atoms with E-state index in [9.17, 15) is 4.79 Å². The molecule has 1 aromatic carbocycles. The van der Waals surface area contributed by atoms with Gasteiger partial charge in [-0.05, 0) is 19.9 Å². The van der Waals surface area contributed by atoms with Crippen molar-refractivity contribution >= 4 is 17.2 Å². The maximum Gasteiger partial charge on any atom is 0.150 e. The monoisotopic (exact) mass is 204 g/mol. The van der Waals surface area contributed by atoms with Crippen LogP contribution in [-0.4, -0.2) is 22.8 Å². The van der Waals surface area contributed by atoms with Gasteiger partial charge in [-0.3, -0.25) is 4.79 Å². The van der Waals surface area contributed by atoms with Gasteiger partial charge in [0.15, 0.2) is 0 Å². The van der Waals surface area contributed by atoms with Crippen molar-refractivity contribution in [1.29, 1.82) is 0 Å². The van der Waals surface area contributed by atoms with Crippen LogP contribution in [0.4, 0.5) is 0 Å². The zero-order valence-electron chi connectivity index (χ0n) is 8.73. The summed E-state index contributed by atoms with van der Waals surface area (Å²) in [6.07, 6.45) is 0.818. The molecule has 0 amide bonds. The van der Waals surface area contributed by atoms with Gasteiger partial charge in [0.25, 0.3) is 0 Å². The third kappa shape index (κ3) is 1.58. The maximum atomic E-state index is 10.7. The van der Waals surface area contributed by atoms with Crippen molar-refractivity contribution < 1.29 is 9.63 Å². The molecule has 2 rings (SSSR count). The Hall–Kier alpha value is -1.84. The topological polar surface area (TPSA) is 44.1 Å². The van der Waals surface area contributed by atoms with Crippen molar-refractivity contribution in [2.75, 3.05) is 6.61 Å². The number of benzene rings is 1. The Labute approximate surface area is 87.4 Å². The van der Waals surface area contributed by atoms with Crippen LogP contribution >= 0.6 is 0 Å². The summed E-state index contributed by atoms with van der Waals surface area (Å²) in [5, 5.41) is 5.24. The highest BCUT2D eigenvalue weighted by Gasteiger charge is 2.08. The zero-order valence-corrected chi connectivity index (χ0v) is 8.73. The summed E-state index contributed by atoms with van der Waals surface area (Å²) in [4.78, 5) is 17.5. The summed E-state index contributed by atoms with van der Waals surface area (Å²) in [5.74, 6) is 0. The second-order valence-electron chi connectivity index (χ2n) is 3.27. The highest BCUT2D eigenvalue weighted by atomic mass is 16.7. The molecule has 0 aliphatic heterocycles. The van der Waals surface area contributed by atoms with Crippen LogP contribution in [0.5, 0.6) is 0 Å². The third-order valence-electron chi connectivity index (χ3n) is 2.25. The first-order valence-electron chi connectivity index (χ1n) is 4.84. The summed E-state index contributed by atoms with van der Waals surface area (Å²) in [6, 6.07) is 5.44. The van der Waals surface area contributed by atoms with E-state index in [1.54, 1.807) is 12.1 Å². The second-order valence-corrected chi connectivity index (χ2v) is 3.27. The van der Waals surface area contributed by atoms with Gasteiger partial charge < -0.3 is 4.84 Å². The van der Waals surface area contributed by atoms with Crippen LogP contribution in [0.3, 0.4) is 0 Å². The predicted molar refractivity (Wildman–Crippen MR) is 57.0 cm³/mol. The number of aryl methyl sites for hydroxylation is 1. The van der Waals surface area contributed by atoms with E-state index in [4.69, 9.17) is 4.84 Å². The summed E-state index contributed by atoms with van der Waals surface area (Å²) >= 11 is 0. The first kappa shape index (κ1) is 9.71. The van der Waals surface area contributed by atoms with Gasteiger partial charge >= 0.3 is 0 Å². The van der Waals surface area contributed by atoms with E-state index in [2.05, 4.69) is 5.10 Å². The molecule has 0 saturated heterocycles. The Bertz CT molecular complexity index is 503. The third-order valence-corrected chi connectivity index (χ3v) is 2.25. The van der Waals surface area contributed by atoms with Gasteiger partial charge in [-0.15, -0.1) is 5.10 Å². The predicted octanol–water partition coefficient (Wildman–Crippen LogP) is 1.61. The Morgan fingerprint density at radius 1 is 1.53 bits per heavy atom. The average Bonchev–Trinajstić information content (AvgIpc) is 2.56. The Morgan fingerprint density at radius 2 is 2.33 bits per heavy atom. The molecule has 1 heterocycles. The van der Waals surface area contributed by atoms with E-state index in [1.165, 1.54) is 4.85 Å². The number of carbonyl (C=O) groups excluding carboxylic acids is 1. The molecule has 0 fully saturated rings. The Morgan fingerprint density at radius 3 is 3.00 bits per heavy atom. The molecule has 0 spiro atoms. The maximum absolute atomic E-state index is 10.7. The van der Waals surface area contributed by atoms with E-state index in [1.807, 2.05) is 19.9 Å². The number of nitrogens with zero attached hydrogens (tertiary/aromatic N) is 2. The van der Waals surface area contributed by atoms with Gasteiger partial charge in [-0.25, -0.2) is 0 Å². The SMILES string of the molecule is CCOn1nc(C)c2ccc(C=O)cc21. The highest BCUT2D eigenvalue weighted by Crippen LogP contribution is 2.18. The lowest BCUT2D eigenvalue weighted by atomic mass is 10.1. The van der Waals surface area contributed by atoms with Gasteiger partial charge in [0.05, 0.1) is 5.69 Å². The molecule has 78 valence electrons. The van der Waals surface area contributed by atoms with Crippen molar-refractivity contribution in [2.45, 2.75) is 13.8 Å². The van der Waals surface area contributed by atoms with Crippen LogP contribution in [0.1, 0.15) is 23.0 Å². The number of fused-ring (bicyclic) bond motifs is 1. The molecule has 0 aliphatic carbocycles. The molecule has 4 nitrogen and oxygen atoms in total. The minimum atomic E-state index is 0.543. The average molecular weight is 204 g/mol. The summed E-state index contributed by atoms with van der Waals surface area (Å²) in [5.41, 5.74) is 2.36. The van der Waals surface area contributed by atoms with Crippen LogP contribution in [-0.2, 0) is 0 Å². The lowest BCUT2D eigenvalue weighted by molar-refractivity contribution is 0.102. The minimum absolute atomic E-state index is 0.543. The quantitative estimate of drug-likeness (QED) is 0.713. The van der Waals surface area contributed by atoms with Crippen molar-refractivity contribution in [3.05, 3.63) is 29.5 Å². The number of aldehydes is 1. The van der Waals surface area contributed by atoms with Gasteiger partial charge in [0.1, 0.15) is 18.4 Å². The number of rotatable bonds is 3. The number of aromatic nitrogens is 2. The fraction of sp³-hybridized carbons (Fsp3) is 0.273. The molecule has 0 aliphatic rings. The van der Waals surface area contributed by atoms with E-state index in [0.29, 0.717) is 12.2 Å². The largest absolute Gasteiger partial charge is 0.396 e. The fourth-order valence-electron chi connectivity index (χ4n) is 1.55. The van der Waals surface area contributed by atoms with E-state index >= 15 is 0 Å². The normalized spacial score (nSPS) is 10.5. The van der Waals surface area contributed by atoms with Crippen LogP contribution in [0.25, 0.3) is 10.9 Å². The lowest BCUT2D eigenvalue weighted by Crippen LogP contribution is -2.12. The zero-order chi connectivity index (χ0) is 10.8. The van der Waals surface area contributed by atoms with Crippen molar-refractivity contribution in [3.8, 4) is 0 Å². The standard InChI is InChI=1S/C11H12N2O2/c1-3-15-13-11-6-9(7-14)4-5-10(11)8(2)12-13/h4-7H,3H2,1-2H3. The van der Waals surface area contributed by atoms with Crippen LogP contribution in [0.15, 0.2) is 18.2 Å². The molecular weight excluding hydrogens is 192 g/mol. The number of hydrogen-bond donors (Lipinski definition) is 0. The fourth-order valence-corrected chi connectivity index (χ4v) is 1.55. The first-order valence-corrected chi connectivity index (χ1v) is 4.84. The van der Waals surface area contributed by atoms with Crippen LogP contribution in [0.2, 0.25) is 0 Å². The van der Waals surface area contributed by atoms with Crippen molar-refractivity contribution in [1.82, 2.24) is 9.94 Å². The highest BCUT2D eigenvalue weighted by molar-refractivity contribution is 5.88. The van der Waals surface area contributed by atoms with Crippen LogP contribution in [0, 0.1) is 6.92 Å². The van der Waals surface area contributed by atoms with Crippen molar-refractivity contribution in [3.63, 3.8) is 0 Å². The molecule has 0 radical (unpaired) electrons. The van der Waals surface area contributed by atoms with Gasteiger partial charge in [0, 0.05) is 10.9 Å². The molecule has 0 bridgehead atoms. The van der Waals surface area contributed by atoms with Gasteiger partial charge in [-0.2, -0.15) is 0 Å². The van der Waals surface area contributed by atoms with Gasteiger partial charge in [0.2, 0.25) is 0 Å². The molecular formula is C11H12N2O2. The molecule has 0 saturated carbocycles. The summed E-state index contributed by atoms with van der Waals surface area (Å²) in [6.45, 7) is 4.35. The summed E-state index contributed by atoms with van der Waals surface area (Å²) in [7, 11) is 0. The lowest BCUT2D eigenvalue weighted by Gasteiger charge is -2.02. The molecule has 2 aromatic rings. The first-order chi connectivity index (χ1) is 7.26. The molecule has 1 aromatic heterocycles. The number of hydrogen-bond acceptors (Lipinski definition) is 3. The Kier molecular flexibility index (Phi) is 2.41. The Balaban J connectivity index is 2.65. The molecule has 15 heavy (non-hydrogen) atoms. The smallest absolute Gasteiger partial charge is 0.150 e. The second kappa shape index (κ2) is 3.73. The van der Waals surface area contributed by atoms with Crippen LogP contribution < -0.4 is 4.84 Å². The van der Waals surface area contributed by atoms with E-state index < -0.39 is 0 Å². The van der Waals surface area contributed by atoms with Gasteiger partial charge in [-0.1, -0.05) is 17.0 Å². The molecule has 0 unspecified atom stereocenters. The summed E-state index contributed by atoms with van der Waals surface area (Å²) < 4.78 is 0. The molecule has 4 heteroatoms. The van der Waals surface area contributed by atoms with E-state index in [-0.39, 0.29) is 0 Å².